The van der Waals surface area contributed by atoms with Crippen LogP contribution in [0.25, 0.3) is 11.3 Å². The minimum absolute atomic E-state index is 0.944. The first kappa shape index (κ1) is 13.8. The summed E-state index contributed by atoms with van der Waals surface area (Å²) in [6.07, 6.45) is 4.42. The van der Waals surface area contributed by atoms with Gasteiger partial charge in [-0.05, 0) is 32.5 Å². The zero-order valence-corrected chi connectivity index (χ0v) is 12.1. The van der Waals surface area contributed by atoms with E-state index in [4.69, 9.17) is 0 Å². The van der Waals surface area contributed by atoms with E-state index in [1.807, 2.05) is 6.20 Å². The summed E-state index contributed by atoms with van der Waals surface area (Å²) in [5.41, 5.74) is 4.90. The van der Waals surface area contributed by atoms with Gasteiger partial charge < -0.3 is 4.90 Å². The number of hydrogen-bond acceptors (Lipinski definition) is 2. The Balaban J connectivity index is 2.11. The highest BCUT2D eigenvalue weighted by molar-refractivity contribution is 5.62. The van der Waals surface area contributed by atoms with Gasteiger partial charge >= 0.3 is 0 Å². The molecular weight excluding hydrogens is 234 g/mol. The number of aromatic nitrogens is 2. The van der Waals surface area contributed by atoms with E-state index in [9.17, 15) is 0 Å². The Hall–Kier alpha value is -1.61. The maximum absolute atomic E-state index is 4.20. The zero-order valence-electron chi connectivity index (χ0n) is 12.1. The Morgan fingerprint density at radius 1 is 1.21 bits per heavy atom. The van der Waals surface area contributed by atoms with Gasteiger partial charge in [-0.3, -0.25) is 5.10 Å². The van der Waals surface area contributed by atoms with Crippen molar-refractivity contribution in [1.29, 1.82) is 0 Å². The number of rotatable bonds is 6. The number of nitrogens with one attached hydrogen (secondary N) is 1. The van der Waals surface area contributed by atoms with Crippen LogP contribution in [0.4, 0.5) is 0 Å². The van der Waals surface area contributed by atoms with Crippen LogP contribution in [-0.2, 0) is 6.54 Å². The molecule has 1 aromatic heterocycles. The van der Waals surface area contributed by atoms with E-state index in [-0.39, 0.29) is 0 Å². The van der Waals surface area contributed by atoms with Crippen LogP contribution >= 0.6 is 0 Å². The van der Waals surface area contributed by atoms with Gasteiger partial charge in [0.25, 0.3) is 0 Å². The minimum atomic E-state index is 0.944. The lowest BCUT2D eigenvalue weighted by Crippen LogP contribution is -2.19. The molecule has 1 aromatic carbocycles. The van der Waals surface area contributed by atoms with Gasteiger partial charge in [0.15, 0.2) is 0 Å². The summed E-state index contributed by atoms with van der Waals surface area (Å²) in [7, 11) is 2.17. The molecule has 0 unspecified atom stereocenters. The van der Waals surface area contributed by atoms with Crippen molar-refractivity contribution in [1.82, 2.24) is 15.1 Å². The molecule has 0 fully saturated rings. The van der Waals surface area contributed by atoms with Gasteiger partial charge in [-0.2, -0.15) is 5.10 Å². The summed E-state index contributed by atoms with van der Waals surface area (Å²) in [5, 5.41) is 7.33. The molecule has 0 aliphatic rings. The monoisotopic (exact) mass is 257 g/mol. The maximum atomic E-state index is 4.20. The van der Waals surface area contributed by atoms with E-state index in [1.54, 1.807) is 0 Å². The Morgan fingerprint density at radius 2 is 1.95 bits per heavy atom. The van der Waals surface area contributed by atoms with Crippen molar-refractivity contribution in [2.24, 2.45) is 0 Å². The van der Waals surface area contributed by atoms with Crippen molar-refractivity contribution < 1.29 is 0 Å². The Bertz CT molecular complexity index is 499. The van der Waals surface area contributed by atoms with Crippen LogP contribution in [0.1, 0.15) is 30.9 Å². The van der Waals surface area contributed by atoms with Crippen LogP contribution in [-0.4, -0.2) is 28.7 Å². The van der Waals surface area contributed by atoms with Crippen molar-refractivity contribution in [3.63, 3.8) is 0 Å². The Morgan fingerprint density at radius 3 is 2.63 bits per heavy atom. The Kier molecular flexibility index (Phi) is 4.74. The van der Waals surface area contributed by atoms with Gasteiger partial charge in [0, 0.05) is 12.1 Å². The lowest BCUT2D eigenvalue weighted by molar-refractivity contribution is 0.321. The summed E-state index contributed by atoms with van der Waals surface area (Å²) in [6.45, 7) is 6.41. The molecule has 1 heterocycles. The van der Waals surface area contributed by atoms with Crippen LogP contribution < -0.4 is 0 Å². The number of H-pyrrole nitrogens is 1. The van der Waals surface area contributed by atoms with Crippen LogP contribution in [0.15, 0.2) is 30.5 Å². The normalized spacial score (nSPS) is 11.2. The average molecular weight is 257 g/mol. The second-order valence-electron chi connectivity index (χ2n) is 5.23. The lowest BCUT2D eigenvalue weighted by atomic mass is 10.1. The quantitative estimate of drug-likeness (QED) is 0.857. The topological polar surface area (TPSA) is 31.9 Å². The highest BCUT2D eigenvalue weighted by Crippen LogP contribution is 2.22. The highest BCUT2D eigenvalue weighted by Gasteiger charge is 2.09. The largest absolute Gasteiger partial charge is 0.302 e. The number of aryl methyl sites for hydroxylation is 1. The van der Waals surface area contributed by atoms with Crippen molar-refractivity contribution in [2.45, 2.75) is 33.2 Å². The molecule has 0 spiro atoms. The van der Waals surface area contributed by atoms with E-state index < -0.39 is 0 Å². The number of unbranched alkanes of at least 4 members (excludes halogenated alkanes) is 1. The van der Waals surface area contributed by atoms with E-state index in [1.165, 1.54) is 29.5 Å². The smallest absolute Gasteiger partial charge is 0.0695 e. The lowest BCUT2D eigenvalue weighted by Gasteiger charge is -2.16. The average Bonchev–Trinajstić information content (AvgIpc) is 2.85. The molecule has 2 aromatic rings. The zero-order chi connectivity index (χ0) is 13.7. The van der Waals surface area contributed by atoms with Crippen molar-refractivity contribution in [3.8, 4) is 11.3 Å². The predicted molar refractivity (Wildman–Crippen MR) is 80.0 cm³/mol. The molecule has 0 atom stereocenters. The number of hydrogen-bond donors (Lipinski definition) is 1. The molecule has 0 aliphatic heterocycles. The maximum Gasteiger partial charge on any atom is 0.0695 e. The predicted octanol–water partition coefficient (Wildman–Crippen LogP) is 3.62. The third kappa shape index (κ3) is 3.67. The standard InChI is InChI=1S/C16H23N3/c1-4-5-10-19(3)12-15-11-17-18-16(15)14-8-6-13(2)7-9-14/h6-9,11H,4-5,10,12H2,1-3H3,(H,17,18). The number of aromatic amines is 1. The molecular formula is C16H23N3. The molecule has 2 rings (SSSR count). The highest BCUT2D eigenvalue weighted by atomic mass is 15.1. The summed E-state index contributed by atoms with van der Waals surface area (Å²) in [5.74, 6) is 0. The van der Waals surface area contributed by atoms with Crippen molar-refractivity contribution in [3.05, 3.63) is 41.6 Å². The molecule has 1 N–H and O–H groups in total. The Labute approximate surface area is 115 Å². The third-order valence-corrected chi connectivity index (χ3v) is 3.39. The molecule has 0 saturated heterocycles. The molecule has 19 heavy (non-hydrogen) atoms. The van der Waals surface area contributed by atoms with Crippen LogP contribution in [0, 0.1) is 6.92 Å². The molecule has 3 heteroatoms. The third-order valence-electron chi connectivity index (χ3n) is 3.39. The molecule has 0 aliphatic carbocycles. The summed E-state index contributed by atoms with van der Waals surface area (Å²) >= 11 is 0. The number of benzene rings is 1. The van der Waals surface area contributed by atoms with E-state index >= 15 is 0 Å². The van der Waals surface area contributed by atoms with Gasteiger partial charge in [0.05, 0.1) is 11.9 Å². The fourth-order valence-corrected chi connectivity index (χ4v) is 2.20. The van der Waals surface area contributed by atoms with Crippen LogP contribution in [0.3, 0.4) is 0 Å². The van der Waals surface area contributed by atoms with Crippen molar-refractivity contribution >= 4 is 0 Å². The van der Waals surface area contributed by atoms with Gasteiger partial charge in [-0.25, -0.2) is 0 Å². The van der Waals surface area contributed by atoms with Gasteiger partial charge in [-0.15, -0.1) is 0 Å². The molecule has 0 amide bonds. The minimum Gasteiger partial charge on any atom is -0.302 e. The first-order valence-corrected chi connectivity index (χ1v) is 6.98. The first-order valence-electron chi connectivity index (χ1n) is 6.98. The first-order chi connectivity index (χ1) is 9.20. The second kappa shape index (κ2) is 6.53. The van der Waals surface area contributed by atoms with Crippen LogP contribution in [0.2, 0.25) is 0 Å². The molecule has 0 saturated carbocycles. The fourth-order valence-electron chi connectivity index (χ4n) is 2.20. The molecule has 3 nitrogen and oxygen atoms in total. The molecule has 0 radical (unpaired) electrons. The molecule has 0 bridgehead atoms. The van der Waals surface area contributed by atoms with Gasteiger partial charge in [0.2, 0.25) is 0 Å². The van der Waals surface area contributed by atoms with Gasteiger partial charge in [0.1, 0.15) is 0 Å². The van der Waals surface area contributed by atoms with E-state index in [0.29, 0.717) is 0 Å². The number of nitrogens with zero attached hydrogens (tertiary/aromatic N) is 2. The van der Waals surface area contributed by atoms with Crippen LogP contribution in [0.5, 0.6) is 0 Å². The summed E-state index contributed by atoms with van der Waals surface area (Å²) in [6, 6.07) is 8.58. The van der Waals surface area contributed by atoms with Gasteiger partial charge in [-0.1, -0.05) is 43.2 Å². The SMILES string of the molecule is CCCCN(C)Cc1cn[nH]c1-c1ccc(C)cc1. The van der Waals surface area contributed by atoms with Crippen molar-refractivity contribution in [2.75, 3.05) is 13.6 Å². The van der Waals surface area contributed by atoms with E-state index in [2.05, 4.69) is 60.3 Å². The summed E-state index contributed by atoms with van der Waals surface area (Å²) in [4.78, 5) is 2.35. The molecule has 102 valence electrons. The fraction of sp³-hybridized carbons (Fsp3) is 0.438. The summed E-state index contributed by atoms with van der Waals surface area (Å²) < 4.78 is 0. The van der Waals surface area contributed by atoms with E-state index in [0.717, 1.165) is 18.8 Å². The second-order valence-corrected chi connectivity index (χ2v) is 5.23.